The molecule has 112 valence electrons. The van der Waals surface area contributed by atoms with Crippen molar-refractivity contribution in [1.82, 2.24) is 10.2 Å². The van der Waals surface area contributed by atoms with Crippen LogP contribution in [0.15, 0.2) is 27.6 Å². The van der Waals surface area contributed by atoms with Crippen LogP contribution in [0.3, 0.4) is 0 Å². The van der Waals surface area contributed by atoms with Crippen LogP contribution < -0.4 is 5.32 Å². The Labute approximate surface area is 137 Å². The topological polar surface area (TPSA) is 57.8 Å². The Balaban J connectivity index is 1.93. The zero-order valence-electron chi connectivity index (χ0n) is 12.3. The molecule has 2 aromatic rings. The summed E-state index contributed by atoms with van der Waals surface area (Å²) in [4.78, 5) is 13.1. The van der Waals surface area contributed by atoms with Crippen molar-refractivity contribution in [2.45, 2.75) is 32.1 Å². The van der Waals surface area contributed by atoms with Crippen molar-refractivity contribution in [1.29, 1.82) is 0 Å². The van der Waals surface area contributed by atoms with Gasteiger partial charge in [0, 0.05) is 21.1 Å². The van der Waals surface area contributed by atoms with Crippen LogP contribution in [0.25, 0.3) is 0 Å². The van der Waals surface area contributed by atoms with E-state index in [1.165, 1.54) is 22.9 Å². The van der Waals surface area contributed by atoms with Gasteiger partial charge in [-0.05, 0) is 43.5 Å². The fraction of sp³-hybridized carbons (Fsp3) is 0.333. The number of H-pyrrole nitrogens is 1. The Morgan fingerprint density at radius 2 is 2.10 bits per heavy atom. The third-order valence-corrected chi connectivity index (χ3v) is 5.11. The van der Waals surface area contributed by atoms with Gasteiger partial charge in [0.2, 0.25) is 5.91 Å². The lowest BCUT2D eigenvalue weighted by molar-refractivity contribution is -0.113. The number of carbonyl (C=O) groups is 1. The number of benzene rings is 1. The molecule has 0 spiro atoms. The summed E-state index contributed by atoms with van der Waals surface area (Å²) in [6, 6.07) is 6.04. The molecule has 0 unspecified atom stereocenters. The predicted molar refractivity (Wildman–Crippen MR) is 90.9 cm³/mol. The highest BCUT2D eigenvalue weighted by atomic mass is 79.9. The minimum atomic E-state index is -0.0471. The molecule has 0 atom stereocenters. The number of anilines is 1. The molecule has 0 radical (unpaired) electrons. The lowest BCUT2D eigenvalue weighted by atomic mass is 10.2. The number of amides is 1. The molecule has 6 heteroatoms. The Hall–Kier alpha value is -1.27. The van der Waals surface area contributed by atoms with Crippen molar-refractivity contribution in [2.24, 2.45) is 0 Å². The van der Waals surface area contributed by atoms with Gasteiger partial charge >= 0.3 is 0 Å². The number of rotatable bonds is 5. The van der Waals surface area contributed by atoms with Crippen LogP contribution in [0.4, 0.5) is 5.82 Å². The number of aromatic nitrogens is 2. The second-order valence-corrected chi connectivity index (χ2v) is 6.71. The third-order valence-electron chi connectivity index (χ3n) is 3.09. The molecule has 0 bridgehead atoms. The Morgan fingerprint density at radius 3 is 2.76 bits per heavy atom. The van der Waals surface area contributed by atoms with Crippen LogP contribution in [0, 0.1) is 13.8 Å². The third kappa shape index (κ3) is 4.35. The molecule has 21 heavy (non-hydrogen) atoms. The van der Waals surface area contributed by atoms with Gasteiger partial charge in [0.1, 0.15) is 0 Å². The van der Waals surface area contributed by atoms with Crippen molar-refractivity contribution in [3.05, 3.63) is 39.5 Å². The van der Waals surface area contributed by atoms with Gasteiger partial charge in [0.15, 0.2) is 5.82 Å². The molecule has 0 saturated heterocycles. The van der Waals surface area contributed by atoms with Crippen molar-refractivity contribution >= 4 is 39.4 Å². The highest BCUT2D eigenvalue weighted by Gasteiger charge is 2.09. The number of hydrogen-bond acceptors (Lipinski definition) is 3. The number of aromatic amines is 1. The lowest BCUT2D eigenvalue weighted by Crippen LogP contribution is -2.14. The number of nitrogens with one attached hydrogen (secondary N) is 2. The van der Waals surface area contributed by atoms with Gasteiger partial charge in [0.25, 0.3) is 0 Å². The first-order chi connectivity index (χ1) is 9.99. The molecule has 2 rings (SSSR count). The minimum absolute atomic E-state index is 0.0471. The van der Waals surface area contributed by atoms with Gasteiger partial charge < -0.3 is 5.32 Å². The maximum absolute atomic E-state index is 12.0. The van der Waals surface area contributed by atoms with E-state index in [1.807, 2.05) is 26.8 Å². The maximum atomic E-state index is 12.0. The summed E-state index contributed by atoms with van der Waals surface area (Å²) in [5.74, 6) is 0.909. The number of nitrogens with zero attached hydrogens (tertiary/aromatic N) is 1. The highest BCUT2D eigenvalue weighted by Crippen LogP contribution is 2.28. The van der Waals surface area contributed by atoms with E-state index in [0.717, 1.165) is 21.5 Å². The first kappa shape index (κ1) is 16.1. The molecular weight excluding hydrogens is 350 g/mol. The number of aryl methyl sites for hydroxylation is 3. The van der Waals surface area contributed by atoms with Crippen molar-refractivity contribution < 1.29 is 4.79 Å². The maximum Gasteiger partial charge on any atom is 0.235 e. The van der Waals surface area contributed by atoms with E-state index in [2.05, 4.69) is 43.6 Å². The molecule has 2 N–H and O–H groups in total. The van der Waals surface area contributed by atoms with E-state index in [9.17, 15) is 4.79 Å². The van der Waals surface area contributed by atoms with Crippen LogP contribution in [0.2, 0.25) is 0 Å². The van der Waals surface area contributed by atoms with Crippen LogP contribution in [0.5, 0.6) is 0 Å². The minimum Gasteiger partial charge on any atom is -0.308 e. The van der Waals surface area contributed by atoms with Crippen molar-refractivity contribution in [2.75, 3.05) is 11.1 Å². The van der Waals surface area contributed by atoms with E-state index in [0.29, 0.717) is 11.6 Å². The van der Waals surface area contributed by atoms with E-state index in [1.54, 1.807) is 0 Å². The lowest BCUT2D eigenvalue weighted by Gasteiger charge is -2.08. The van der Waals surface area contributed by atoms with Gasteiger partial charge in [-0.1, -0.05) is 22.9 Å². The molecule has 0 aliphatic heterocycles. The van der Waals surface area contributed by atoms with Crippen molar-refractivity contribution in [3.8, 4) is 0 Å². The summed E-state index contributed by atoms with van der Waals surface area (Å²) in [6.07, 6.45) is 0.870. The van der Waals surface area contributed by atoms with Gasteiger partial charge in [-0.25, -0.2) is 0 Å². The zero-order chi connectivity index (χ0) is 15.4. The summed E-state index contributed by atoms with van der Waals surface area (Å²) in [5.41, 5.74) is 3.35. The summed E-state index contributed by atoms with van der Waals surface area (Å²) in [6.45, 7) is 6.13. The monoisotopic (exact) mass is 367 g/mol. The van der Waals surface area contributed by atoms with Gasteiger partial charge in [-0.3, -0.25) is 9.89 Å². The average Bonchev–Trinajstić information content (AvgIpc) is 2.89. The van der Waals surface area contributed by atoms with Gasteiger partial charge in [-0.15, -0.1) is 11.8 Å². The van der Waals surface area contributed by atoms with Gasteiger partial charge in [0.05, 0.1) is 5.75 Å². The first-order valence-electron chi connectivity index (χ1n) is 6.73. The quantitative estimate of drug-likeness (QED) is 0.782. The largest absolute Gasteiger partial charge is 0.308 e. The summed E-state index contributed by atoms with van der Waals surface area (Å²) < 4.78 is 1.09. The summed E-state index contributed by atoms with van der Waals surface area (Å²) >= 11 is 5.05. The number of carbonyl (C=O) groups excluding carboxylic acids is 1. The van der Waals surface area contributed by atoms with E-state index >= 15 is 0 Å². The fourth-order valence-electron chi connectivity index (χ4n) is 1.84. The Kier molecular flexibility index (Phi) is 5.47. The van der Waals surface area contributed by atoms with Crippen LogP contribution in [-0.4, -0.2) is 21.9 Å². The normalized spacial score (nSPS) is 10.7. The molecular formula is C15H18BrN3OS. The van der Waals surface area contributed by atoms with E-state index in [-0.39, 0.29) is 5.91 Å². The number of halogens is 1. The molecule has 0 saturated carbocycles. The second kappa shape index (κ2) is 7.13. The van der Waals surface area contributed by atoms with Crippen LogP contribution in [-0.2, 0) is 11.2 Å². The summed E-state index contributed by atoms with van der Waals surface area (Å²) in [5, 5.41) is 9.73. The molecule has 1 heterocycles. The molecule has 4 nitrogen and oxygen atoms in total. The second-order valence-electron chi connectivity index (χ2n) is 4.84. The Morgan fingerprint density at radius 1 is 1.33 bits per heavy atom. The first-order valence-corrected chi connectivity index (χ1v) is 8.51. The van der Waals surface area contributed by atoms with E-state index in [4.69, 9.17) is 0 Å². The van der Waals surface area contributed by atoms with Crippen molar-refractivity contribution in [3.63, 3.8) is 0 Å². The summed E-state index contributed by atoms with van der Waals surface area (Å²) in [7, 11) is 0. The standard InChI is InChI=1S/C15H18BrN3OS/c1-4-11-7-14(19-18-11)17-15(20)8-21-13-6-9(2)12(16)5-10(13)3/h5-7H,4,8H2,1-3H3,(H2,17,18,19,20). The number of hydrogen-bond donors (Lipinski definition) is 2. The molecule has 1 aromatic carbocycles. The fourth-order valence-corrected chi connectivity index (χ4v) is 3.20. The Bertz CT molecular complexity index is 654. The van der Waals surface area contributed by atoms with Gasteiger partial charge in [-0.2, -0.15) is 5.10 Å². The van der Waals surface area contributed by atoms with Crippen LogP contribution in [0.1, 0.15) is 23.7 Å². The average molecular weight is 368 g/mol. The van der Waals surface area contributed by atoms with Crippen LogP contribution >= 0.6 is 27.7 Å². The zero-order valence-corrected chi connectivity index (χ0v) is 14.7. The predicted octanol–water partition coefficient (Wildman–Crippen LogP) is 4.08. The molecule has 1 amide bonds. The molecule has 0 fully saturated rings. The SMILES string of the molecule is CCc1cc(NC(=O)CSc2cc(C)c(Br)cc2C)n[nH]1. The molecule has 0 aliphatic rings. The highest BCUT2D eigenvalue weighted by molar-refractivity contribution is 9.10. The molecule has 1 aromatic heterocycles. The number of thioether (sulfide) groups is 1. The molecule has 0 aliphatic carbocycles. The smallest absolute Gasteiger partial charge is 0.235 e. The van der Waals surface area contributed by atoms with E-state index < -0.39 is 0 Å².